The number of thiocarbonyl (C=S) groups is 1. The van der Waals surface area contributed by atoms with Gasteiger partial charge in [-0.05, 0) is 42.5 Å². The van der Waals surface area contributed by atoms with Gasteiger partial charge in [0.1, 0.15) is 0 Å². The smallest absolute Gasteiger partial charge is 0.245 e. The van der Waals surface area contributed by atoms with Gasteiger partial charge in [-0.1, -0.05) is 70.4 Å². The predicted octanol–water partition coefficient (Wildman–Crippen LogP) is 3.89. The lowest BCUT2D eigenvalue weighted by Gasteiger charge is -2.35. The molecular weight excluding hydrogens is 330 g/mol. The molecular formula is C20H31N3OS. The van der Waals surface area contributed by atoms with Crippen molar-refractivity contribution in [2.24, 2.45) is 11.8 Å². The fraction of sp³-hybridized carbons (Fsp3) is 0.600. The molecule has 138 valence electrons. The van der Waals surface area contributed by atoms with Crippen LogP contribution in [0.2, 0.25) is 0 Å². The summed E-state index contributed by atoms with van der Waals surface area (Å²) in [6.45, 7) is 6.66. The number of hydrogen-bond acceptors (Lipinski definition) is 2. The van der Waals surface area contributed by atoms with Crippen LogP contribution >= 0.6 is 12.2 Å². The molecule has 0 aromatic heterocycles. The van der Waals surface area contributed by atoms with Crippen LogP contribution in [-0.4, -0.2) is 17.1 Å². The van der Waals surface area contributed by atoms with Crippen molar-refractivity contribution >= 4 is 23.2 Å². The molecule has 1 aliphatic rings. The zero-order valence-electron chi connectivity index (χ0n) is 15.5. The second-order valence-corrected chi connectivity index (χ2v) is 7.62. The molecule has 5 heteroatoms. The van der Waals surface area contributed by atoms with E-state index in [1.165, 1.54) is 12.8 Å². The van der Waals surface area contributed by atoms with Gasteiger partial charge in [-0.25, -0.2) is 0 Å². The Labute approximate surface area is 157 Å². The largest absolute Gasteiger partial charge is 0.358 e. The summed E-state index contributed by atoms with van der Waals surface area (Å²) >= 11 is 5.38. The first-order valence-corrected chi connectivity index (χ1v) is 9.85. The molecule has 25 heavy (non-hydrogen) atoms. The van der Waals surface area contributed by atoms with Crippen LogP contribution in [-0.2, 0) is 4.79 Å². The maximum Gasteiger partial charge on any atom is 0.245 e. The van der Waals surface area contributed by atoms with Gasteiger partial charge in [-0.15, -0.1) is 0 Å². The molecule has 1 aromatic carbocycles. The Kier molecular flexibility index (Phi) is 7.69. The Morgan fingerprint density at radius 2 is 1.92 bits per heavy atom. The van der Waals surface area contributed by atoms with E-state index in [0.29, 0.717) is 23.0 Å². The molecule has 1 amide bonds. The average Bonchev–Trinajstić information content (AvgIpc) is 2.62. The summed E-state index contributed by atoms with van der Waals surface area (Å²) in [5.74, 6) is 1.09. The maximum atomic E-state index is 12.6. The van der Waals surface area contributed by atoms with E-state index in [-0.39, 0.29) is 11.8 Å². The SMILES string of the molecule is CCC[C@@H](C(=O)NNC(=S)N[C@H]1CCC[C@H](C)[C@@H]1C)c1ccccc1. The minimum Gasteiger partial charge on any atom is -0.358 e. The van der Waals surface area contributed by atoms with E-state index >= 15 is 0 Å². The van der Waals surface area contributed by atoms with Gasteiger partial charge in [-0.2, -0.15) is 0 Å². The third-order valence-corrected chi connectivity index (χ3v) is 5.64. The number of nitrogens with one attached hydrogen (secondary N) is 3. The second kappa shape index (κ2) is 9.76. The van der Waals surface area contributed by atoms with Gasteiger partial charge < -0.3 is 5.32 Å². The van der Waals surface area contributed by atoms with Crippen LogP contribution in [0.1, 0.15) is 64.4 Å². The summed E-state index contributed by atoms with van der Waals surface area (Å²) in [6, 6.07) is 10.3. The molecule has 0 unspecified atom stereocenters. The van der Waals surface area contributed by atoms with Gasteiger partial charge in [-0.3, -0.25) is 15.6 Å². The molecule has 1 aromatic rings. The van der Waals surface area contributed by atoms with Gasteiger partial charge in [0.15, 0.2) is 5.11 Å². The number of carbonyl (C=O) groups excluding carboxylic acids is 1. The van der Waals surface area contributed by atoms with Crippen LogP contribution in [0.4, 0.5) is 0 Å². The molecule has 1 fully saturated rings. The van der Waals surface area contributed by atoms with Crippen molar-refractivity contribution in [1.29, 1.82) is 0 Å². The van der Waals surface area contributed by atoms with Crippen LogP contribution in [0.5, 0.6) is 0 Å². The summed E-state index contributed by atoms with van der Waals surface area (Å²) in [5.41, 5.74) is 6.72. The number of carbonyl (C=O) groups is 1. The first-order valence-electron chi connectivity index (χ1n) is 9.44. The molecule has 0 radical (unpaired) electrons. The highest BCUT2D eigenvalue weighted by atomic mass is 32.1. The summed E-state index contributed by atoms with van der Waals surface area (Å²) in [4.78, 5) is 12.6. The van der Waals surface area contributed by atoms with Crippen molar-refractivity contribution in [3.8, 4) is 0 Å². The molecule has 1 aliphatic carbocycles. The fourth-order valence-corrected chi connectivity index (χ4v) is 3.82. The normalized spacial score (nSPS) is 24.2. The number of hydrogen-bond donors (Lipinski definition) is 3. The van der Waals surface area contributed by atoms with Crippen LogP contribution in [0.3, 0.4) is 0 Å². The Hall–Kier alpha value is -1.62. The standard InChI is InChI=1S/C20H31N3OS/c1-4-9-17(16-11-6-5-7-12-16)19(24)22-23-20(25)21-18-13-8-10-14(2)15(18)3/h5-7,11-12,14-15,17-18H,4,8-10,13H2,1-3H3,(H,22,24)(H2,21,23,25)/t14-,15-,17+,18-/m0/s1. The lowest BCUT2D eigenvalue weighted by atomic mass is 9.78. The van der Waals surface area contributed by atoms with E-state index in [9.17, 15) is 4.79 Å². The minimum absolute atomic E-state index is 0.0396. The molecule has 2 rings (SSSR count). The predicted molar refractivity (Wildman–Crippen MR) is 107 cm³/mol. The third-order valence-electron chi connectivity index (χ3n) is 5.42. The number of rotatable bonds is 5. The quantitative estimate of drug-likeness (QED) is 0.550. The summed E-state index contributed by atoms with van der Waals surface area (Å²) in [7, 11) is 0. The molecule has 0 bridgehead atoms. The van der Waals surface area contributed by atoms with Gasteiger partial charge in [0.05, 0.1) is 5.92 Å². The van der Waals surface area contributed by atoms with E-state index in [1.807, 2.05) is 30.3 Å². The van der Waals surface area contributed by atoms with Crippen LogP contribution in [0, 0.1) is 11.8 Å². The van der Waals surface area contributed by atoms with E-state index in [1.54, 1.807) is 0 Å². The second-order valence-electron chi connectivity index (χ2n) is 7.21. The molecule has 4 atom stereocenters. The Bertz CT molecular complexity index is 563. The van der Waals surface area contributed by atoms with Gasteiger partial charge in [0.25, 0.3) is 0 Å². The lowest BCUT2D eigenvalue weighted by molar-refractivity contribution is -0.123. The minimum atomic E-state index is -0.157. The maximum absolute atomic E-state index is 12.6. The van der Waals surface area contributed by atoms with Crippen molar-refractivity contribution in [2.45, 2.75) is 64.8 Å². The van der Waals surface area contributed by atoms with Gasteiger partial charge in [0, 0.05) is 6.04 Å². The van der Waals surface area contributed by atoms with E-state index < -0.39 is 0 Å². The molecule has 1 saturated carbocycles. The molecule has 3 N–H and O–H groups in total. The molecule has 0 heterocycles. The highest BCUT2D eigenvalue weighted by molar-refractivity contribution is 7.80. The molecule has 0 saturated heterocycles. The number of hydrazine groups is 1. The van der Waals surface area contributed by atoms with Crippen molar-refractivity contribution in [2.75, 3.05) is 0 Å². The van der Waals surface area contributed by atoms with Crippen molar-refractivity contribution in [1.82, 2.24) is 16.2 Å². The van der Waals surface area contributed by atoms with E-state index in [2.05, 4.69) is 36.9 Å². The van der Waals surface area contributed by atoms with Crippen molar-refractivity contribution in [3.63, 3.8) is 0 Å². The summed E-state index contributed by atoms with van der Waals surface area (Å²) in [6.07, 6.45) is 5.41. The van der Waals surface area contributed by atoms with E-state index in [4.69, 9.17) is 12.2 Å². The zero-order chi connectivity index (χ0) is 18.2. The fourth-order valence-electron chi connectivity index (χ4n) is 3.62. The Morgan fingerprint density at radius 1 is 1.20 bits per heavy atom. The molecule has 0 spiro atoms. The molecule has 0 aliphatic heterocycles. The van der Waals surface area contributed by atoms with Crippen LogP contribution in [0.15, 0.2) is 30.3 Å². The highest BCUT2D eigenvalue weighted by Gasteiger charge is 2.27. The third kappa shape index (κ3) is 5.70. The van der Waals surface area contributed by atoms with Gasteiger partial charge in [0.2, 0.25) is 5.91 Å². The Balaban J connectivity index is 1.86. The molecule has 4 nitrogen and oxygen atoms in total. The number of amides is 1. The van der Waals surface area contributed by atoms with E-state index in [0.717, 1.165) is 24.8 Å². The summed E-state index contributed by atoms with van der Waals surface area (Å²) < 4.78 is 0. The lowest BCUT2D eigenvalue weighted by Crippen LogP contribution is -2.53. The van der Waals surface area contributed by atoms with Crippen LogP contribution in [0.25, 0.3) is 0 Å². The van der Waals surface area contributed by atoms with Crippen molar-refractivity contribution < 1.29 is 4.79 Å². The first kappa shape index (κ1) is 19.7. The monoisotopic (exact) mass is 361 g/mol. The van der Waals surface area contributed by atoms with Crippen molar-refractivity contribution in [3.05, 3.63) is 35.9 Å². The highest BCUT2D eigenvalue weighted by Crippen LogP contribution is 2.29. The zero-order valence-corrected chi connectivity index (χ0v) is 16.4. The average molecular weight is 362 g/mol. The number of benzene rings is 1. The Morgan fingerprint density at radius 3 is 2.60 bits per heavy atom. The first-order chi connectivity index (χ1) is 12.0. The van der Waals surface area contributed by atoms with Crippen LogP contribution < -0.4 is 16.2 Å². The van der Waals surface area contributed by atoms with Gasteiger partial charge >= 0.3 is 0 Å². The summed E-state index contributed by atoms with van der Waals surface area (Å²) in [5, 5.41) is 3.87. The topological polar surface area (TPSA) is 53.2 Å².